The molecule has 1 saturated heterocycles. The first kappa shape index (κ1) is 21.3. The minimum Gasteiger partial charge on any atom is -0.352 e. The van der Waals surface area contributed by atoms with Crippen LogP contribution in [-0.2, 0) is 14.8 Å². The maximum absolute atomic E-state index is 12.8. The first-order valence-corrected chi connectivity index (χ1v) is 12.0. The first-order valence-electron chi connectivity index (χ1n) is 10.5. The average molecular weight is 408 g/mol. The van der Waals surface area contributed by atoms with Crippen LogP contribution in [-0.4, -0.2) is 62.3 Å². The Labute approximate surface area is 169 Å². The standard InChI is InChI=1S/C21H33N3O3S/c1-18-9-11-20(12-10-18)28(26,27)24-15-13-23(14-16-24)17-21(25)22-19-7-5-3-2-4-6-8-19/h9-12,19H,2-8,13-17H2,1H3,(H,22,25). The van der Waals surface area contributed by atoms with Crippen LogP contribution < -0.4 is 5.32 Å². The van der Waals surface area contributed by atoms with Gasteiger partial charge in [0.1, 0.15) is 0 Å². The van der Waals surface area contributed by atoms with Crippen LogP contribution in [0.2, 0.25) is 0 Å². The first-order chi connectivity index (χ1) is 13.4. The summed E-state index contributed by atoms with van der Waals surface area (Å²) in [5.74, 6) is 0.0698. The van der Waals surface area contributed by atoms with Gasteiger partial charge in [0.15, 0.2) is 0 Å². The Kier molecular flexibility index (Phi) is 7.48. The van der Waals surface area contributed by atoms with Crippen molar-refractivity contribution in [1.29, 1.82) is 0 Å². The van der Waals surface area contributed by atoms with Gasteiger partial charge in [0.05, 0.1) is 11.4 Å². The monoisotopic (exact) mass is 407 g/mol. The van der Waals surface area contributed by atoms with Crippen molar-refractivity contribution < 1.29 is 13.2 Å². The Morgan fingerprint density at radius 1 is 0.964 bits per heavy atom. The van der Waals surface area contributed by atoms with Crippen LogP contribution in [0.4, 0.5) is 0 Å². The maximum atomic E-state index is 12.8. The van der Waals surface area contributed by atoms with E-state index in [1.54, 1.807) is 12.1 Å². The number of hydrogen-bond donors (Lipinski definition) is 1. The predicted octanol–water partition coefficient (Wildman–Crippen LogP) is 2.53. The third kappa shape index (κ3) is 5.78. The van der Waals surface area contributed by atoms with Crippen molar-refractivity contribution in [2.75, 3.05) is 32.7 Å². The summed E-state index contributed by atoms with van der Waals surface area (Å²) in [6.45, 7) is 4.32. The molecule has 0 spiro atoms. The van der Waals surface area contributed by atoms with Crippen molar-refractivity contribution in [1.82, 2.24) is 14.5 Å². The molecule has 3 rings (SSSR count). The number of nitrogens with zero attached hydrogens (tertiary/aromatic N) is 2. The van der Waals surface area contributed by atoms with E-state index < -0.39 is 10.0 Å². The second-order valence-corrected chi connectivity index (χ2v) is 10.0. The minimum atomic E-state index is -3.45. The van der Waals surface area contributed by atoms with Gasteiger partial charge in [-0.3, -0.25) is 9.69 Å². The molecule has 28 heavy (non-hydrogen) atoms. The quantitative estimate of drug-likeness (QED) is 0.814. The van der Waals surface area contributed by atoms with E-state index in [2.05, 4.69) is 10.2 Å². The fourth-order valence-corrected chi connectivity index (χ4v) is 5.49. The van der Waals surface area contributed by atoms with Crippen LogP contribution in [0.3, 0.4) is 0 Å². The third-order valence-electron chi connectivity index (χ3n) is 5.83. The lowest BCUT2D eigenvalue weighted by atomic mass is 9.97. The van der Waals surface area contributed by atoms with Gasteiger partial charge in [-0.2, -0.15) is 4.31 Å². The molecule has 0 aromatic heterocycles. The Balaban J connectivity index is 1.47. The summed E-state index contributed by atoms with van der Waals surface area (Å²) in [4.78, 5) is 14.8. The summed E-state index contributed by atoms with van der Waals surface area (Å²) in [5.41, 5.74) is 1.04. The summed E-state index contributed by atoms with van der Waals surface area (Å²) in [7, 11) is -3.45. The second-order valence-electron chi connectivity index (χ2n) is 8.10. The van der Waals surface area contributed by atoms with Crippen LogP contribution in [0.15, 0.2) is 29.2 Å². The fraction of sp³-hybridized carbons (Fsp3) is 0.667. The summed E-state index contributed by atoms with van der Waals surface area (Å²) >= 11 is 0. The summed E-state index contributed by atoms with van der Waals surface area (Å²) < 4.78 is 27.1. The molecule has 1 aromatic carbocycles. The van der Waals surface area contributed by atoms with E-state index in [-0.39, 0.29) is 5.91 Å². The zero-order valence-corrected chi connectivity index (χ0v) is 17.7. The number of sulfonamides is 1. The highest BCUT2D eigenvalue weighted by molar-refractivity contribution is 7.89. The molecule has 1 amide bonds. The van der Waals surface area contributed by atoms with E-state index in [1.165, 1.54) is 36.4 Å². The molecule has 0 bridgehead atoms. The van der Waals surface area contributed by atoms with Gasteiger partial charge in [-0.15, -0.1) is 0 Å². The molecule has 0 atom stereocenters. The summed E-state index contributed by atoms with van der Waals surface area (Å²) in [5, 5.41) is 3.19. The number of rotatable bonds is 5. The number of amides is 1. The highest BCUT2D eigenvalue weighted by Crippen LogP contribution is 2.19. The molecule has 2 fully saturated rings. The van der Waals surface area contributed by atoms with Gasteiger partial charge >= 0.3 is 0 Å². The topological polar surface area (TPSA) is 69.7 Å². The van der Waals surface area contributed by atoms with E-state index >= 15 is 0 Å². The van der Waals surface area contributed by atoms with E-state index in [0.29, 0.717) is 43.7 Å². The molecule has 7 heteroatoms. The molecule has 0 unspecified atom stereocenters. The Hall–Kier alpha value is -1.44. The van der Waals surface area contributed by atoms with Gasteiger partial charge < -0.3 is 5.32 Å². The van der Waals surface area contributed by atoms with E-state index in [0.717, 1.165) is 18.4 Å². The molecule has 1 aliphatic heterocycles. The molecule has 6 nitrogen and oxygen atoms in total. The molecular formula is C21H33N3O3S. The summed E-state index contributed by atoms with van der Waals surface area (Å²) in [6, 6.07) is 7.28. The molecule has 1 aliphatic carbocycles. The van der Waals surface area contributed by atoms with Gasteiger partial charge in [0.2, 0.25) is 15.9 Å². The normalized spacial score (nSPS) is 21.0. The molecule has 1 heterocycles. The zero-order chi connectivity index (χ0) is 20.0. The smallest absolute Gasteiger partial charge is 0.243 e. The molecular weight excluding hydrogens is 374 g/mol. The van der Waals surface area contributed by atoms with Crippen LogP contribution in [0.25, 0.3) is 0 Å². The number of carbonyl (C=O) groups is 1. The van der Waals surface area contributed by atoms with Crippen LogP contribution in [0, 0.1) is 6.92 Å². The van der Waals surface area contributed by atoms with Gasteiger partial charge in [-0.25, -0.2) is 8.42 Å². The number of nitrogens with one attached hydrogen (secondary N) is 1. The molecule has 2 aliphatic rings. The van der Waals surface area contributed by atoms with Crippen LogP contribution in [0.5, 0.6) is 0 Å². The Bertz CT molecular complexity index is 733. The third-order valence-corrected chi connectivity index (χ3v) is 7.74. The van der Waals surface area contributed by atoms with Crippen molar-refractivity contribution in [3.8, 4) is 0 Å². The molecule has 1 N–H and O–H groups in total. The average Bonchev–Trinajstić information content (AvgIpc) is 2.64. The maximum Gasteiger partial charge on any atom is 0.243 e. The lowest BCUT2D eigenvalue weighted by molar-refractivity contribution is -0.123. The van der Waals surface area contributed by atoms with E-state index in [4.69, 9.17) is 0 Å². The van der Waals surface area contributed by atoms with Crippen molar-refractivity contribution in [2.45, 2.75) is 62.8 Å². The Morgan fingerprint density at radius 2 is 1.54 bits per heavy atom. The minimum absolute atomic E-state index is 0.0698. The van der Waals surface area contributed by atoms with Crippen molar-refractivity contribution in [3.05, 3.63) is 29.8 Å². The van der Waals surface area contributed by atoms with Gasteiger partial charge in [-0.05, 0) is 31.9 Å². The lowest BCUT2D eigenvalue weighted by Gasteiger charge is -2.34. The molecule has 1 saturated carbocycles. The van der Waals surface area contributed by atoms with Crippen molar-refractivity contribution in [3.63, 3.8) is 0 Å². The van der Waals surface area contributed by atoms with Crippen molar-refractivity contribution in [2.24, 2.45) is 0 Å². The van der Waals surface area contributed by atoms with Crippen LogP contribution >= 0.6 is 0 Å². The number of carbonyl (C=O) groups excluding carboxylic acids is 1. The zero-order valence-electron chi connectivity index (χ0n) is 16.9. The summed E-state index contributed by atoms with van der Waals surface area (Å²) in [6.07, 6.45) is 8.40. The number of benzene rings is 1. The van der Waals surface area contributed by atoms with E-state index in [9.17, 15) is 13.2 Å². The van der Waals surface area contributed by atoms with Crippen LogP contribution in [0.1, 0.15) is 50.5 Å². The number of aryl methyl sites for hydroxylation is 1. The predicted molar refractivity (Wildman–Crippen MR) is 111 cm³/mol. The van der Waals surface area contributed by atoms with Gasteiger partial charge in [-0.1, -0.05) is 49.8 Å². The number of piperazine rings is 1. The molecule has 0 radical (unpaired) electrons. The number of hydrogen-bond acceptors (Lipinski definition) is 4. The van der Waals surface area contributed by atoms with E-state index in [1.807, 2.05) is 19.1 Å². The fourth-order valence-electron chi connectivity index (χ4n) is 4.06. The SMILES string of the molecule is Cc1ccc(S(=O)(=O)N2CCN(CC(=O)NC3CCCCCCC3)CC2)cc1. The lowest BCUT2D eigenvalue weighted by Crippen LogP contribution is -2.51. The largest absolute Gasteiger partial charge is 0.352 e. The highest BCUT2D eigenvalue weighted by atomic mass is 32.2. The van der Waals surface area contributed by atoms with Crippen molar-refractivity contribution >= 4 is 15.9 Å². The highest BCUT2D eigenvalue weighted by Gasteiger charge is 2.29. The molecule has 156 valence electrons. The van der Waals surface area contributed by atoms with Gasteiger partial charge in [0, 0.05) is 32.2 Å². The molecule has 1 aromatic rings. The Morgan fingerprint density at radius 3 is 2.14 bits per heavy atom. The van der Waals surface area contributed by atoms with Gasteiger partial charge in [0.25, 0.3) is 0 Å². The second kappa shape index (κ2) is 9.85.